The second-order valence-electron chi connectivity index (χ2n) is 3.46. The van der Waals surface area contributed by atoms with Crippen LogP contribution in [0.25, 0.3) is 0 Å². The van der Waals surface area contributed by atoms with Crippen molar-refractivity contribution in [3.8, 4) is 5.75 Å². The van der Waals surface area contributed by atoms with Crippen molar-refractivity contribution < 1.29 is 9.53 Å². The normalized spacial score (nSPS) is 10.1. The first-order chi connectivity index (χ1) is 8.72. The van der Waals surface area contributed by atoms with Crippen molar-refractivity contribution in [2.24, 2.45) is 0 Å². The van der Waals surface area contributed by atoms with Crippen LogP contribution in [0.5, 0.6) is 5.75 Å². The molecule has 0 radical (unpaired) electrons. The lowest BCUT2D eigenvalue weighted by molar-refractivity contribution is 0.102. The summed E-state index contributed by atoms with van der Waals surface area (Å²) in [6.45, 7) is 0. The smallest absolute Gasteiger partial charge is 0.257 e. The predicted molar refractivity (Wildman–Crippen MR) is 72.6 cm³/mol. The Bertz CT molecular complexity index is 539. The second-order valence-corrected chi connectivity index (χ2v) is 4.59. The number of nitrogens with zero attached hydrogens (tertiary/aromatic N) is 1. The van der Waals surface area contributed by atoms with Crippen LogP contribution >= 0.6 is 22.9 Å². The number of carbonyl (C=O) groups is 1. The maximum Gasteiger partial charge on any atom is 0.257 e. The van der Waals surface area contributed by atoms with Gasteiger partial charge in [0.1, 0.15) is 5.75 Å². The van der Waals surface area contributed by atoms with Crippen LogP contribution in [-0.4, -0.2) is 18.0 Å². The van der Waals surface area contributed by atoms with Gasteiger partial charge in [0.15, 0.2) is 5.13 Å². The minimum absolute atomic E-state index is 0.201. The van der Waals surface area contributed by atoms with Gasteiger partial charge in [0.05, 0.1) is 18.7 Å². The molecule has 2 rings (SSSR count). The number of rotatable bonds is 4. The van der Waals surface area contributed by atoms with Gasteiger partial charge in [-0.3, -0.25) is 10.1 Å². The van der Waals surface area contributed by atoms with Gasteiger partial charge in [0.2, 0.25) is 0 Å². The van der Waals surface area contributed by atoms with Crippen molar-refractivity contribution in [3.05, 3.63) is 40.9 Å². The summed E-state index contributed by atoms with van der Waals surface area (Å²) in [6, 6.07) is 6.87. The largest absolute Gasteiger partial charge is 0.497 e. The average Bonchev–Trinajstić information content (AvgIpc) is 2.86. The summed E-state index contributed by atoms with van der Waals surface area (Å²) >= 11 is 7.00. The summed E-state index contributed by atoms with van der Waals surface area (Å²) in [5.74, 6) is 0.855. The molecule has 1 amide bonds. The summed E-state index contributed by atoms with van der Waals surface area (Å²) < 4.78 is 5.03. The number of thiazole rings is 1. The molecule has 0 spiro atoms. The Kier molecular flexibility index (Phi) is 4.17. The molecular weight excluding hydrogens is 272 g/mol. The van der Waals surface area contributed by atoms with Crippen LogP contribution in [0.1, 0.15) is 16.1 Å². The number of halogens is 1. The molecule has 1 N–H and O–H groups in total. The van der Waals surface area contributed by atoms with Crippen LogP contribution in [0.2, 0.25) is 0 Å². The van der Waals surface area contributed by atoms with E-state index in [9.17, 15) is 4.79 Å². The Balaban J connectivity index is 2.06. The van der Waals surface area contributed by atoms with Crippen LogP contribution in [0, 0.1) is 0 Å². The number of nitrogens with one attached hydrogen (secondary N) is 1. The molecule has 0 saturated heterocycles. The number of hydrogen-bond donors (Lipinski definition) is 1. The molecule has 6 heteroatoms. The van der Waals surface area contributed by atoms with Gasteiger partial charge in [-0.25, -0.2) is 4.98 Å². The number of amides is 1. The number of carbonyl (C=O) groups excluding carboxylic acids is 1. The lowest BCUT2D eigenvalue weighted by Crippen LogP contribution is -2.11. The molecule has 4 nitrogen and oxygen atoms in total. The summed E-state index contributed by atoms with van der Waals surface area (Å²) in [6.07, 6.45) is 0. The zero-order valence-corrected chi connectivity index (χ0v) is 11.2. The van der Waals surface area contributed by atoms with E-state index in [0.717, 1.165) is 5.69 Å². The first-order valence-corrected chi connectivity index (χ1v) is 6.60. The molecule has 0 saturated carbocycles. The molecule has 0 bridgehead atoms. The van der Waals surface area contributed by atoms with E-state index in [1.165, 1.54) is 11.3 Å². The van der Waals surface area contributed by atoms with Gasteiger partial charge >= 0.3 is 0 Å². The minimum atomic E-state index is -0.201. The van der Waals surface area contributed by atoms with Crippen molar-refractivity contribution in [2.75, 3.05) is 12.4 Å². The van der Waals surface area contributed by atoms with Gasteiger partial charge in [-0.05, 0) is 24.3 Å². The van der Waals surface area contributed by atoms with E-state index in [-0.39, 0.29) is 5.91 Å². The number of aromatic nitrogens is 1. The molecule has 0 unspecified atom stereocenters. The first kappa shape index (κ1) is 12.9. The molecule has 1 heterocycles. The monoisotopic (exact) mass is 282 g/mol. The number of benzene rings is 1. The first-order valence-electron chi connectivity index (χ1n) is 5.18. The fourth-order valence-electron chi connectivity index (χ4n) is 1.34. The molecular formula is C12H11ClN2O2S. The molecule has 0 atom stereocenters. The molecule has 1 aromatic heterocycles. The van der Waals surface area contributed by atoms with Crippen molar-refractivity contribution in [1.29, 1.82) is 0 Å². The van der Waals surface area contributed by atoms with E-state index in [2.05, 4.69) is 10.3 Å². The Labute approximate surface area is 114 Å². The zero-order chi connectivity index (χ0) is 13.0. The number of methoxy groups -OCH3 is 1. The number of ether oxygens (including phenoxy) is 1. The molecule has 2 aromatic rings. The maximum atomic E-state index is 11.9. The van der Waals surface area contributed by atoms with Gasteiger partial charge in [0.25, 0.3) is 5.91 Å². The third kappa shape index (κ3) is 3.00. The lowest BCUT2D eigenvalue weighted by atomic mass is 10.2. The van der Waals surface area contributed by atoms with Gasteiger partial charge in [0, 0.05) is 10.9 Å². The Morgan fingerprint density at radius 2 is 2.17 bits per heavy atom. The van der Waals surface area contributed by atoms with Crippen molar-refractivity contribution in [1.82, 2.24) is 4.98 Å². The van der Waals surface area contributed by atoms with Crippen LogP contribution in [-0.2, 0) is 5.88 Å². The third-order valence-corrected chi connectivity index (χ3v) is 3.34. The molecule has 94 valence electrons. The summed E-state index contributed by atoms with van der Waals surface area (Å²) in [5, 5.41) is 5.08. The summed E-state index contributed by atoms with van der Waals surface area (Å²) in [7, 11) is 1.58. The molecule has 0 aliphatic rings. The summed E-state index contributed by atoms with van der Waals surface area (Å²) in [4.78, 5) is 16.1. The fourth-order valence-corrected chi connectivity index (χ4v) is 2.27. The van der Waals surface area contributed by atoms with Crippen molar-refractivity contribution in [2.45, 2.75) is 5.88 Å². The second kappa shape index (κ2) is 5.84. The highest BCUT2D eigenvalue weighted by Gasteiger charge is 2.08. The SMILES string of the molecule is COc1ccc(C(=O)Nc2nc(CCl)cs2)cc1. The quantitative estimate of drug-likeness (QED) is 0.877. The molecule has 0 aliphatic carbocycles. The van der Waals surface area contributed by atoms with Crippen LogP contribution in [0.15, 0.2) is 29.6 Å². The van der Waals surface area contributed by atoms with Crippen LogP contribution in [0.3, 0.4) is 0 Å². The molecule has 18 heavy (non-hydrogen) atoms. The highest BCUT2D eigenvalue weighted by molar-refractivity contribution is 7.14. The maximum absolute atomic E-state index is 11.9. The number of anilines is 1. The van der Waals surface area contributed by atoms with Crippen molar-refractivity contribution >= 4 is 34.0 Å². The Hall–Kier alpha value is -1.59. The van der Waals surface area contributed by atoms with E-state index in [1.54, 1.807) is 31.4 Å². The van der Waals surface area contributed by atoms with E-state index in [1.807, 2.05) is 5.38 Å². The van der Waals surface area contributed by atoms with Gasteiger partial charge in [-0.15, -0.1) is 22.9 Å². The van der Waals surface area contributed by atoms with Gasteiger partial charge in [-0.1, -0.05) is 0 Å². The molecule has 0 fully saturated rings. The summed E-state index contributed by atoms with van der Waals surface area (Å²) in [5.41, 5.74) is 1.31. The predicted octanol–water partition coefficient (Wildman–Crippen LogP) is 3.14. The Morgan fingerprint density at radius 3 is 2.72 bits per heavy atom. The average molecular weight is 283 g/mol. The number of alkyl halides is 1. The highest BCUT2D eigenvalue weighted by Crippen LogP contribution is 2.18. The van der Waals surface area contributed by atoms with Gasteiger partial charge in [-0.2, -0.15) is 0 Å². The lowest BCUT2D eigenvalue weighted by Gasteiger charge is -2.03. The van der Waals surface area contributed by atoms with E-state index >= 15 is 0 Å². The topological polar surface area (TPSA) is 51.2 Å². The number of hydrogen-bond acceptors (Lipinski definition) is 4. The Morgan fingerprint density at radius 1 is 1.44 bits per heavy atom. The van der Waals surface area contributed by atoms with Crippen LogP contribution in [0.4, 0.5) is 5.13 Å². The standard InChI is InChI=1S/C12H11ClN2O2S/c1-17-10-4-2-8(3-5-10)11(16)15-12-14-9(6-13)7-18-12/h2-5,7H,6H2,1H3,(H,14,15,16). The van der Waals surface area contributed by atoms with E-state index < -0.39 is 0 Å². The molecule has 1 aromatic carbocycles. The zero-order valence-electron chi connectivity index (χ0n) is 9.64. The van der Waals surface area contributed by atoms with Crippen molar-refractivity contribution in [3.63, 3.8) is 0 Å². The van der Waals surface area contributed by atoms with E-state index in [0.29, 0.717) is 22.3 Å². The van der Waals surface area contributed by atoms with Gasteiger partial charge < -0.3 is 4.74 Å². The van der Waals surface area contributed by atoms with E-state index in [4.69, 9.17) is 16.3 Å². The highest BCUT2D eigenvalue weighted by atomic mass is 35.5. The van der Waals surface area contributed by atoms with Crippen LogP contribution < -0.4 is 10.1 Å². The molecule has 0 aliphatic heterocycles. The minimum Gasteiger partial charge on any atom is -0.497 e. The third-order valence-electron chi connectivity index (χ3n) is 2.26. The fraction of sp³-hybridized carbons (Fsp3) is 0.167.